The SMILES string of the molecule is C=NN(CCN1CCCC1)/C(=C(\C)C(=O)OCC)C(F)(F)F. The summed E-state index contributed by atoms with van der Waals surface area (Å²) in [6.07, 6.45) is -2.61. The first-order valence-electron chi connectivity index (χ1n) is 7.23. The van der Waals surface area contributed by atoms with Crippen LogP contribution in [0, 0.1) is 0 Å². The Bertz CT molecular complexity index is 430. The second-order valence-electron chi connectivity index (χ2n) is 5.01. The summed E-state index contributed by atoms with van der Waals surface area (Å²) < 4.78 is 44.6. The lowest BCUT2D eigenvalue weighted by Gasteiger charge is -2.27. The highest BCUT2D eigenvalue weighted by Crippen LogP contribution is 2.31. The lowest BCUT2D eigenvalue weighted by Crippen LogP contribution is -2.36. The molecule has 1 saturated heterocycles. The number of carbonyl (C=O) groups is 1. The van der Waals surface area contributed by atoms with Gasteiger partial charge in [0.25, 0.3) is 0 Å². The maximum absolute atomic E-state index is 13.3. The van der Waals surface area contributed by atoms with Crippen molar-refractivity contribution in [2.75, 3.05) is 32.8 Å². The zero-order valence-corrected chi connectivity index (χ0v) is 12.9. The van der Waals surface area contributed by atoms with E-state index in [1.807, 2.05) is 0 Å². The minimum absolute atomic E-state index is 0.0105. The number of hydrogen-bond donors (Lipinski definition) is 0. The molecule has 0 unspecified atom stereocenters. The van der Waals surface area contributed by atoms with Crippen LogP contribution >= 0.6 is 0 Å². The van der Waals surface area contributed by atoms with E-state index < -0.39 is 23.4 Å². The van der Waals surface area contributed by atoms with Crippen molar-refractivity contribution in [3.63, 3.8) is 0 Å². The molecule has 22 heavy (non-hydrogen) atoms. The number of ether oxygens (including phenoxy) is 1. The maximum Gasteiger partial charge on any atom is 0.433 e. The van der Waals surface area contributed by atoms with Gasteiger partial charge in [0.1, 0.15) is 0 Å². The van der Waals surface area contributed by atoms with Crippen LogP contribution < -0.4 is 0 Å². The Balaban J connectivity index is 2.94. The van der Waals surface area contributed by atoms with E-state index in [4.69, 9.17) is 0 Å². The number of rotatable bonds is 7. The Labute approximate surface area is 128 Å². The molecule has 1 heterocycles. The van der Waals surface area contributed by atoms with Crippen LogP contribution in [0.3, 0.4) is 0 Å². The first kappa shape index (κ1) is 18.5. The molecular formula is C14H22F3N3O2. The standard InChI is InChI=1S/C14H22F3N3O2/c1-4-22-13(21)11(2)12(14(15,16)17)20(18-3)10-9-19-7-5-6-8-19/h3-10H2,1-2H3/b12-11+. The fraction of sp³-hybridized carbons (Fsp3) is 0.714. The maximum atomic E-state index is 13.3. The summed E-state index contributed by atoms with van der Waals surface area (Å²) >= 11 is 0. The lowest BCUT2D eigenvalue weighted by molar-refractivity contribution is -0.141. The van der Waals surface area contributed by atoms with E-state index in [1.165, 1.54) is 6.92 Å². The fourth-order valence-electron chi connectivity index (χ4n) is 2.38. The summed E-state index contributed by atoms with van der Waals surface area (Å²) in [7, 11) is 0. The number of likely N-dealkylation sites (tertiary alicyclic amines) is 1. The average Bonchev–Trinajstić information content (AvgIpc) is 2.94. The van der Waals surface area contributed by atoms with Gasteiger partial charge in [-0.25, -0.2) is 4.79 Å². The molecule has 8 heteroatoms. The van der Waals surface area contributed by atoms with Gasteiger partial charge in [-0.05, 0) is 39.8 Å². The number of alkyl halides is 3. The summed E-state index contributed by atoms with van der Waals surface area (Å²) in [6, 6.07) is 0. The monoisotopic (exact) mass is 321 g/mol. The number of hydrogen-bond acceptors (Lipinski definition) is 5. The van der Waals surface area contributed by atoms with Crippen molar-refractivity contribution in [2.45, 2.75) is 32.9 Å². The number of allylic oxidation sites excluding steroid dienone is 1. The topological polar surface area (TPSA) is 45.1 Å². The van der Waals surface area contributed by atoms with Crippen molar-refractivity contribution in [2.24, 2.45) is 5.10 Å². The minimum atomic E-state index is -4.71. The molecule has 1 rings (SSSR count). The lowest BCUT2D eigenvalue weighted by atomic mass is 10.2. The molecule has 5 nitrogen and oxygen atoms in total. The minimum Gasteiger partial charge on any atom is -0.463 e. The first-order valence-corrected chi connectivity index (χ1v) is 7.23. The predicted octanol–water partition coefficient (Wildman–Crippen LogP) is 2.40. The summed E-state index contributed by atoms with van der Waals surface area (Å²) in [5.74, 6) is -0.996. The Morgan fingerprint density at radius 3 is 2.41 bits per heavy atom. The number of halogens is 3. The average molecular weight is 321 g/mol. The Kier molecular flexibility index (Phi) is 6.86. The second kappa shape index (κ2) is 8.17. The van der Waals surface area contributed by atoms with Crippen molar-refractivity contribution in [1.82, 2.24) is 9.91 Å². The van der Waals surface area contributed by atoms with E-state index in [1.54, 1.807) is 0 Å². The van der Waals surface area contributed by atoms with Gasteiger partial charge in [0.2, 0.25) is 0 Å². The molecule has 1 aliphatic heterocycles. The van der Waals surface area contributed by atoms with Gasteiger partial charge >= 0.3 is 12.1 Å². The molecule has 0 radical (unpaired) electrons. The molecule has 0 aromatic carbocycles. The highest BCUT2D eigenvalue weighted by molar-refractivity contribution is 5.88. The number of nitrogens with zero attached hydrogens (tertiary/aromatic N) is 3. The Morgan fingerprint density at radius 2 is 1.95 bits per heavy atom. The van der Waals surface area contributed by atoms with Crippen LogP contribution in [0.1, 0.15) is 26.7 Å². The molecule has 0 atom stereocenters. The van der Waals surface area contributed by atoms with E-state index >= 15 is 0 Å². The molecule has 0 bridgehead atoms. The predicted molar refractivity (Wildman–Crippen MR) is 77.3 cm³/mol. The largest absolute Gasteiger partial charge is 0.463 e. The van der Waals surface area contributed by atoms with E-state index in [9.17, 15) is 18.0 Å². The molecule has 0 amide bonds. The van der Waals surface area contributed by atoms with E-state index in [0.717, 1.165) is 37.9 Å². The van der Waals surface area contributed by atoms with E-state index in [0.29, 0.717) is 6.54 Å². The van der Waals surface area contributed by atoms with Gasteiger partial charge in [-0.1, -0.05) is 0 Å². The van der Waals surface area contributed by atoms with Gasteiger partial charge in [-0.3, -0.25) is 5.01 Å². The van der Waals surface area contributed by atoms with Crippen molar-refractivity contribution in [3.05, 3.63) is 11.3 Å². The molecule has 0 aliphatic carbocycles. The van der Waals surface area contributed by atoms with Gasteiger partial charge < -0.3 is 9.64 Å². The quantitative estimate of drug-likeness (QED) is 0.313. The van der Waals surface area contributed by atoms with Gasteiger partial charge in [-0.15, -0.1) is 0 Å². The van der Waals surface area contributed by atoms with Crippen LogP contribution in [0.2, 0.25) is 0 Å². The van der Waals surface area contributed by atoms with Crippen molar-refractivity contribution in [3.8, 4) is 0 Å². The second-order valence-corrected chi connectivity index (χ2v) is 5.01. The number of esters is 1. The van der Waals surface area contributed by atoms with Crippen molar-refractivity contribution in [1.29, 1.82) is 0 Å². The van der Waals surface area contributed by atoms with Crippen LogP contribution in [0.15, 0.2) is 16.4 Å². The van der Waals surface area contributed by atoms with Gasteiger partial charge in [0.05, 0.1) is 18.7 Å². The molecule has 0 N–H and O–H groups in total. The fourth-order valence-corrected chi connectivity index (χ4v) is 2.38. The molecule has 1 aliphatic rings. The Morgan fingerprint density at radius 1 is 1.36 bits per heavy atom. The van der Waals surface area contributed by atoms with Crippen LogP contribution in [0.25, 0.3) is 0 Å². The third-order valence-electron chi connectivity index (χ3n) is 3.46. The molecule has 0 saturated carbocycles. The van der Waals surface area contributed by atoms with Crippen molar-refractivity contribution < 1.29 is 22.7 Å². The highest BCUT2D eigenvalue weighted by atomic mass is 19.4. The van der Waals surface area contributed by atoms with Crippen LogP contribution in [-0.2, 0) is 9.53 Å². The molecular weight excluding hydrogens is 299 g/mol. The first-order chi connectivity index (χ1) is 10.3. The van der Waals surface area contributed by atoms with Gasteiger partial charge in [0, 0.05) is 13.3 Å². The summed E-state index contributed by atoms with van der Waals surface area (Å²) in [5, 5.41) is 4.19. The Hall–Kier alpha value is -1.57. The van der Waals surface area contributed by atoms with Gasteiger partial charge in [0.15, 0.2) is 5.70 Å². The van der Waals surface area contributed by atoms with Gasteiger partial charge in [-0.2, -0.15) is 18.3 Å². The van der Waals surface area contributed by atoms with Crippen LogP contribution in [0.5, 0.6) is 0 Å². The summed E-state index contributed by atoms with van der Waals surface area (Å²) in [6.45, 7) is 8.04. The van der Waals surface area contributed by atoms with Crippen LogP contribution in [0.4, 0.5) is 13.2 Å². The zero-order chi connectivity index (χ0) is 16.8. The molecule has 126 valence electrons. The molecule has 0 spiro atoms. The highest BCUT2D eigenvalue weighted by Gasteiger charge is 2.41. The normalized spacial score (nSPS) is 17.1. The molecule has 0 aromatic rings. The third kappa shape index (κ3) is 5.01. The summed E-state index contributed by atoms with van der Waals surface area (Å²) in [4.78, 5) is 13.7. The van der Waals surface area contributed by atoms with Crippen LogP contribution in [-0.4, -0.2) is 61.6 Å². The van der Waals surface area contributed by atoms with E-state index in [-0.39, 0.29) is 13.2 Å². The zero-order valence-electron chi connectivity index (χ0n) is 12.9. The smallest absolute Gasteiger partial charge is 0.433 e. The van der Waals surface area contributed by atoms with E-state index in [2.05, 4.69) is 21.5 Å². The number of hydrazone groups is 1. The molecule has 1 fully saturated rings. The third-order valence-corrected chi connectivity index (χ3v) is 3.46. The number of carbonyl (C=O) groups excluding carboxylic acids is 1. The van der Waals surface area contributed by atoms with Crippen molar-refractivity contribution >= 4 is 12.7 Å². The summed E-state index contributed by atoms with van der Waals surface area (Å²) in [5.41, 5.74) is -1.62. The molecule has 0 aromatic heterocycles.